The summed E-state index contributed by atoms with van der Waals surface area (Å²) in [5.41, 5.74) is 0.0354. The van der Waals surface area contributed by atoms with Gasteiger partial charge in [-0.25, -0.2) is 18.7 Å². The third-order valence-corrected chi connectivity index (χ3v) is 3.95. The van der Waals surface area contributed by atoms with Gasteiger partial charge >= 0.3 is 0 Å². The van der Waals surface area contributed by atoms with E-state index in [1.54, 1.807) is 13.1 Å². The van der Waals surface area contributed by atoms with Crippen LogP contribution >= 0.6 is 11.8 Å². The number of halogens is 2. The van der Waals surface area contributed by atoms with Crippen LogP contribution in [-0.2, 0) is 6.54 Å². The summed E-state index contributed by atoms with van der Waals surface area (Å²) in [4.78, 5) is 21.1. The molecular weight excluding hydrogens is 336 g/mol. The third kappa shape index (κ3) is 2.96. The molecule has 2 aromatic heterocycles. The molecule has 0 saturated carbocycles. The summed E-state index contributed by atoms with van der Waals surface area (Å²) in [5, 5.41) is 1.13. The first-order chi connectivity index (χ1) is 11.5. The van der Waals surface area contributed by atoms with Gasteiger partial charge in [-0.3, -0.25) is 9.36 Å². The van der Waals surface area contributed by atoms with E-state index in [-0.39, 0.29) is 11.5 Å². The largest absolute Gasteiger partial charge is 0.448 e. The molecule has 0 aliphatic rings. The summed E-state index contributed by atoms with van der Waals surface area (Å²) >= 11 is 1.36. The molecule has 0 saturated heterocycles. The van der Waals surface area contributed by atoms with Crippen molar-refractivity contribution in [1.82, 2.24) is 14.5 Å². The fraction of sp³-hybridized carbons (Fsp3) is 0.188. The second-order valence-electron chi connectivity index (χ2n) is 4.87. The van der Waals surface area contributed by atoms with E-state index in [4.69, 9.17) is 4.74 Å². The van der Waals surface area contributed by atoms with Crippen molar-refractivity contribution in [3.05, 3.63) is 52.5 Å². The van der Waals surface area contributed by atoms with E-state index >= 15 is 0 Å². The maximum absolute atomic E-state index is 13.8. The minimum Gasteiger partial charge on any atom is -0.448 e. The minimum atomic E-state index is -0.883. The first kappa shape index (κ1) is 16.4. The molecule has 24 heavy (non-hydrogen) atoms. The Morgan fingerprint density at radius 3 is 2.71 bits per heavy atom. The third-order valence-electron chi connectivity index (χ3n) is 3.38. The van der Waals surface area contributed by atoms with Crippen molar-refractivity contribution >= 4 is 22.8 Å². The van der Waals surface area contributed by atoms with Crippen LogP contribution in [0.3, 0.4) is 0 Å². The van der Waals surface area contributed by atoms with Crippen molar-refractivity contribution in [3.63, 3.8) is 0 Å². The van der Waals surface area contributed by atoms with Crippen LogP contribution in [-0.4, -0.2) is 20.8 Å². The average Bonchev–Trinajstić information content (AvgIpc) is 2.57. The van der Waals surface area contributed by atoms with E-state index in [0.717, 1.165) is 12.1 Å². The van der Waals surface area contributed by atoms with Gasteiger partial charge in [0.05, 0.1) is 0 Å². The predicted octanol–water partition coefficient (Wildman–Crippen LogP) is 3.60. The number of hydrogen-bond acceptors (Lipinski definition) is 5. The maximum atomic E-state index is 13.8. The van der Waals surface area contributed by atoms with Gasteiger partial charge in [0.2, 0.25) is 0 Å². The lowest BCUT2D eigenvalue weighted by atomic mass is 10.3. The molecule has 0 atom stereocenters. The summed E-state index contributed by atoms with van der Waals surface area (Å²) < 4.78 is 33.5. The molecule has 0 fully saturated rings. The number of hydrogen-bond donors (Lipinski definition) is 0. The predicted molar refractivity (Wildman–Crippen MR) is 87.7 cm³/mol. The van der Waals surface area contributed by atoms with Crippen LogP contribution in [0.4, 0.5) is 8.78 Å². The minimum absolute atomic E-state index is 0.0737. The molecule has 0 radical (unpaired) electrons. The summed E-state index contributed by atoms with van der Waals surface area (Å²) in [6.45, 7) is 2.16. The number of rotatable bonds is 4. The molecule has 0 amide bonds. The zero-order chi connectivity index (χ0) is 17.3. The Bertz CT molecular complexity index is 975. The van der Waals surface area contributed by atoms with E-state index in [1.807, 2.05) is 6.26 Å². The molecule has 0 unspecified atom stereocenters. The quantitative estimate of drug-likeness (QED) is 0.532. The number of benzene rings is 1. The van der Waals surface area contributed by atoms with Crippen molar-refractivity contribution < 1.29 is 13.5 Å². The van der Waals surface area contributed by atoms with E-state index in [9.17, 15) is 13.6 Å². The van der Waals surface area contributed by atoms with Crippen LogP contribution in [0.25, 0.3) is 11.0 Å². The van der Waals surface area contributed by atoms with Gasteiger partial charge in [0, 0.05) is 24.2 Å². The average molecular weight is 349 g/mol. The molecule has 0 spiro atoms. The van der Waals surface area contributed by atoms with Crippen molar-refractivity contribution in [1.29, 1.82) is 0 Å². The molecule has 0 N–H and O–H groups in total. The highest BCUT2D eigenvalue weighted by atomic mass is 32.2. The van der Waals surface area contributed by atoms with E-state index < -0.39 is 17.2 Å². The Kier molecular flexibility index (Phi) is 4.48. The zero-order valence-electron chi connectivity index (χ0n) is 12.9. The monoisotopic (exact) mass is 349 g/mol. The standard InChI is InChI=1S/C16H13F2N3O2S/c1-3-21-14-9(8-19-16(20-14)24-2)6-13(15(21)22)23-12-5-4-10(17)7-11(12)18/h4-8H,3H2,1-2H3. The van der Waals surface area contributed by atoms with Crippen molar-refractivity contribution in [2.24, 2.45) is 0 Å². The van der Waals surface area contributed by atoms with Gasteiger partial charge in [-0.05, 0) is 31.4 Å². The van der Waals surface area contributed by atoms with Gasteiger partial charge < -0.3 is 4.74 Å². The van der Waals surface area contributed by atoms with Gasteiger partial charge in [0.25, 0.3) is 5.56 Å². The van der Waals surface area contributed by atoms with E-state index in [2.05, 4.69) is 9.97 Å². The van der Waals surface area contributed by atoms with E-state index in [0.29, 0.717) is 28.8 Å². The fourth-order valence-corrected chi connectivity index (χ4v) is 2.59. The molecule has 1 aromatic carbocycles. The number of fused-ring (bicyclic) bond motifs is 1. The van der Waals surface area contributed by atoms with Crippen LogP contribution in [0.15, 0.2) is 40.4 Å². The molecule has 3 aromatic rings. The van der Waals surface area contributed by atoms with Crippen LogP contribution in [0, 0.1) is 11.6 Å². The van der Waals surface area contributed by atoms with Gasteiger partial charge in [-0.2, -0.15) is 0 Å². The Labute approximate surface area is 140 Å². The molecule has 0 aliphatic heterocycles. The lowest BCUT2D eigenvalue weighted by Crippen LogP contribution is -2.21. The molecule has 8 heteroatoms. The SMILES string of the molecule is CCn1c(=O)c(Oc2ccc(F)cc2F)cc2cnc(SC)nc21. The van der Waals surface area contributed by atoms with E-state index in [1.165, 1.54) is 22.4 Å². The molecule has 0 bridgehead atoms. The Balaban J connectivity index is 2.15. The summed E-state index contributed by atoms with van der Waals surface area (Å²) in [6.07, 6.45) is 3.41. The lowest BCUT2D eigenvalue weighted by Gasteiger charge is -2.12. The fourth-order valence-electron chi connectivity index (χ4n) is 2.26. The normalized spacial score (nSPS) is 11.0. The Morgan fingerprint density at radius 2 is 2.04 bits per heavy atom. The highest BCUT2D eigenvalue weighted by Gasteiger charge is 2.14. The number of ether oxygens (including phenoxy) is 1. The summed E-state index contributed by atoms with van der Waals surface area (Å²) in [6, 6.07) is 4.35. The second kappa shape index (κ2) is 6.56. The lowest BCUT2D eigenvalue weighted by molar-refractivity contribution is 0.429. The molecular formula is C16H13F2N3O2S. The number of aryl methyl sites for hydroxylation is 1. The van der Waals surface area contributed by atoms with Gasteiger partial charge in [0.1, 0.15) is 11.5 Å². The van der Waals surface area contributed by atoms with Crippen LogP contribution in [0.5, 0.6) is 11.5 Å². The Hall–Kier alpha value is -2.48. The second-order valence-corrected chi connectivity index (χ2v) is 5.64. The molecule has 3 rings (SSSR count). The van der Waals surface area contributed by atoms with Gasteiger partial charge in [-0.15, -0.1) is 0 Å². The highest BCUT2D eigenvalue weighted by molar-refractivity contribution is 7.98. The van der Waals surface area contributed by atoms with Crippen LogP contribution in [0.1, 0.15) is 6.92 Å². The number of thioether (sulfide) groups is 1. The summed E-state index contributed by atoms with van der Waals surface area (Å²) in [7, 11) is 0. The number of pyridine rings is 1. The highest BCUT2D eigenvalue weighted by Crippen LogP contribution is 2.25. The first-order valence-electron chi connectivity index (χ1n) is 7.11. The van der Waals surface area contributed by atoms with Gasteiger partial charge in [0.15, 0.2) is 22.5 Å². The number of aromatic nitrogens is 3. The smallest absolute Gasteiger partial charge is 0.295 e. The topological polar surface area (TPSA) is 57.0 Å². The van der Waals surface area contributed by atoms with Crippen LogP contribution < -0.4 is 10.3 Å². The van der Waals surface area contributed by atoms with Gasteiger partial charge in [-0.1, -0.05) is 11.8 Å². The summed E-state index contributed by atoms with van der Waals surface area (Å²) in [5.74, 6) is -1.90. The Morgan fingerprint density at radius 1 is 1.25 bits per heavy atom. The van der Waals surface area contributed by atoms with Crippen molar-refractivity contribution in [2.75, 3.05) is 6.26 Å². The number of nitrogens with zero attached hydrogens (tertiary/aromatic N) is 3. The molecule has 124 valence electrons. The maximum Gasteiger partial charge on any atom is 0.295 e. The van der Waals surface area contributed by atoms with Crippen molar-refractivity contribution in [3.8, 4) is 11.5 Å². The molecule has 5 nitrogen and oxygen atoms in total. The zero-order valence-corrected chi connectivity index (χ0v) is 13.7. The molecule has 0 aliphatic carbocycles. The molecule has 2 heterocycles. The van der Waals surface area contributed by atoms with Crippen LogP contribution in [0.2, 0.25) is 0 Å². The first-order valence-corrected chi connectivity index (χ1v) is 8.33. The van der Waals surface area contributed by atoms with Crippen molar-refractivity contribution in [2.45, 2.75) is 18.6 Å².